The summed E-state index contributed by atoms with van der Waals surface area (Å²) < 4.78 is 4.83. The summed E-state index contributed by atoms with van der Waals surface area (Å²) in [5.41, 5.74) is 3.39. The van der Waals surface area contributed by atoms with Crippen LogP contribution in [0.1, 0.15) is 30.9 Å². The molecule has 0 unspecified atom stereocenters. The first-order chi connectivity index (χ1) is 8.81. The van der Waals surface area contributed by atoms with Gasteiger partial charge in [-0.05, 0) is 13.3 Å². The maximum atomic E-state index is 11.3. The number of esters is 1. The molecule has 0 atom stereocenters. The van der Waals surface area contributed by atoms with Crippen LogP contribution >= 0.6 is 0 Å². The largest absolute Gasteiger partial charge is 0.477 e. The van der Waals surface area contributed by atoms with Crippen LogP contribution in [0.4, 0.5) is 0 Å². The third kappa shape index (κ3) is 4.70. The minimum atomic E-state index is -0.423. The molecule has 2 rings (SSSR count). The number of allylic oxidation sites excluding steroid dienone is 3. The Morgan fingerprint density at radius 2 is 2.26 bits per heavy atom. The molecule has 0 bridgehead atoms. The van der Waals surface area contributed by atoms with Crippen molar-refractivity contribution in [2.75, 3.05) is 6.61 Å². The molecule has 1 aliphatic carbocycles. The summed E-state index contributed by atoms with van der Waals surface area (Å²) >= 11 is 0. The van der Waals surface area contributed by atoms with Gasteiger partial charge in [0.2, 0.25) is 5.97 Å². The van der Waals surface area contributed by atoms with Gasteiger partial charge >= 0.3 is 0 Å². The van der Waals surface area contributed by atoms with Crippen LogP contribution in [-0.2, 0) is 48.7 Å². The molecule has 97 valence electrons. The van der Waals surface area contributed by atoms with E-state index in [0.29, 0.717) is 6.61 Å². The standard InChI is InChI=1S/C16H16O2.Y/c1-2-18-16(17)12-11-14-9-4-3-7-13-8-5-6-10-15(13)14;/h5-6,8,10-11H,2-4,7H2,1H3;/q-2;. The van der Waals surface area contributed by atoms with E-state index >= 15 is 0 Å². The van der Waals surface area contributed by atoms with Gasteiger partial charge in [-0.3, -0.25) is 4.79 Å². The van der Waals surface area contributed by atoms with E-state index in [1.807, 2.05) is 12.1 Å². The Hall–Kier alpha value is -0.726. The molecule has 1 aromatic carbocycles. The van der Waals surface area contributed by atoms with Crippen molar-refractivity contribution in [2.24, 2.45) is 0 Å². The average Bonchev–Trinajstić information content (AvgIpc) is 2.59. The van der Waals surface area contributed by atoms with E-state index in [-0.39, 0.29) is 32.7 Å². The number of fused-ring (bicyclic) bond motifs is 1. The molecule has 1 radical (unpaired) electrons. The van der Waals surface area contributed by atoms with Crippen molar-refractivity contribution < 1.29 is 42.2 Å². The van der Waals surface area contributed by atoms with Gasteiger partial charge in [-0.15, -0.1) is 18.1 Å². The molecule has 1 aliphatic rings. The molecule has 0 fully saturated rings. The van der Waals surface area contributed by atoms with Crippen LogP contribution in [0.5, 0.6) is 0 Å². The van der Waals surface area contributed by atoms with Gasteiger partial charge in [0.25, 0.3) is 0 Å². The fraction of sp³-hybridized carbons (Fsp3) is 0.312. The molecule has 0 spiro atoms. The first-order valence-electron chi connectivity index (χ1n) is 6.27. The fourth-order valence-corrected chi connectivity index (χ4v) is 2.03. The smallest absolute Gasteiger partial charge is 0.225 e. The van der Waals surface area contributed by atoms with E-state index in [2.05, 4.69) is 24.3 Å². The maximum absolute atomic E-state index is 11.3. The number of rotatable bonds is 3. The molecule has 0 heterocycles. The second-order valence-corrected chi connectivity index (χ2v) is 4.11. The Kier molecular flexibility index (Phi) is 7.26. The molecule has 0 saturated carbocycles. The number of aryl methyl sites for hydroxylation is 1. The van der Waals surface area contributed by atoms with Gasteiger partial charge in [0.15, 0.2) is 0 Å². The third-order valence-corrected chi connectivity index (χ3v) is 2.86. The summed E-state index contributed by atoms with van der Waals surface area (Å²) in [5, 5.41) is 0. The zero-order chi connectivity index (χ0) is 12.8. The van der Waals surface area contributed by atoms with Crippen molar-refractivity contribution in [2.45, 2.75) is 26.2 Å². The van der Waals surface area contributed by atoms with Crippen LogP contribution in [0.2, 0.25) is 0 Å². The summed E-state index contributed by atoms with van der Waals surface area (Å²) in [6, 6.07) is 8.23. The second kappa shape index (κ2) is 8.45. The summed E-state index contributed by atoms with van der Waals surface area (Å²) in [7, 11) is 0. The second-order valence-electron chi connectivity index (χ2n) is 4.11. The number of benzene rings is 1. The topological polar surface area (TPSA) is 26.3 Å². The molecule has 1 aromatic rings. The van der Waals surface area contributed by atoms with E-state index in [0.717, 1.165) is 30.4 Å². The maximum Gasteiger partial charge on any atom is 0.225 e. The quantitative estimate of drug-likeness (QED) is 0.484. The van der Waals surface area contributed by atoms with Gasteiger partial charge in [-0.25, -0.2) is 11.6 Å². The summed E-state index contributed by atoms with van der Waals surface area (Å²) in [4.78, 5) is 11.3. The zero-order valence-electron chi connectivity index (χ0n) is 11.1. The molecule has 19 heavy (non-hydrogen) atoms. The minimum Gasteiger partial charge on any atom is -0.477 e. The molecule has 0 aliphatic heterocycles. The normalized spacial score (nSPS) is 14.1. The van der Waals surface area contributed by atoms with Gasteiger partial charge in [0, 0.05) is 32.7 Å². The van der Waals surface area contributed by atoms with Crippen molar-refractivity contribution in [3.8, 4) is 0 Å². The molecular formula is C16H16O2Y-2. The molecule has 0 aromatic heterocycles. The Bertz CT molecular complexity index is 489. The minimum absolute atomic E-state index is 0. The van der Waals surface area contributed by atoms with E-state index < -0.39 is 5.97 Å². The number of hydrogen-bond acceptors (Lipinski definition) is 2. The predicted molar refractivity (Wildman–Crippen MR) is 70.5 cm³/mol. The molecular weight excluding hydrogens is 313 g/mol. The fourth-order valence-electron chi connectivity index (χ4n) is 2.03. The Morgan fingerprint density at radius 3 is 3.05 bits per heavy atom. The first kappa shape index (κ1) is 16.3. The van der Waals surface area contributed by atoms with E-state index in [4.69, 9.17) is 4.74 Å². The monoisotopic (exact) mass is 329 g/mol. The number of carbonyl (C=O) groups excluding carboxylic acids is 1. The van der Waals surface area contributed by atoms with Gasteiger partial charge in [0.05, 0.1) is 6.61 Å². The number of ether oxygens (including phenoxy) is 1. The summed E-state index contributed by atoms with van der Waals surface area (Å²) in [5.74, 6) is -0.423. The Balaban J connectivity index is 0.00000180. The van der Waals surface area contributed by atoms with Crippen LogP contribution in [-0.4, -0.2) is 12.6 Å². The van der Waals surface area contributed by atoms with Crippen LogP contribution in [0.25, 0.3) is 5.57 Å². The van der Waals surface area contributed by atoms with Gasteiger partial charge in [-0.1, -0.05) is 24.6 Å². The van der Waals surface area contributed by atoms with Crippen molar-refractivity contribution in [3.63, 3.8) is 0 Å². The van der Waals surface area contributed by atoms with Gasteiger partial charge in [0.1, 0.15) is 0 Å². The SMILES string of the molecule is CCOC(=O)[C-]=CC1=[C-]CCCc2ccccc21.[Y]. The van der Waals surface area contributed by atoms with E-state index in [9.17, 15) is 4.79 Å². The van der Waals surface area contributed by atoms with Crippen LogP contribution in [0.15, 0.2) is 30.3 Å². The summed E-state index contributed by atoms with van der Waals surface area (Å²) in [6.07, 6.45) is 10.7. The van der Waals surface area contributed by atoms with Crippen LogP contribution in [0, 0.1) is 12.2 Å². The number of carbonyl (C=O) groups is 1. The van der Waals surface area contributed by atoms with E-state index in [1.54, 1.807) is 13.0 Å². The molecule has 0 N–H and O–H groups in total. The average molecular weight is 329 g/mol. The van der Waals surface area contributed by atoms with E-state index in [1.165, 1.54) is 5.56 Å². The van der Waals surface area contributed by atoms with Crippen molar-refractivity contribution in [3.05, 3.63) is 53.6 Å². The summed E-state index contributed by atoms with van der Waals surface area (Å²) in [6.45, 7) is 2.16. The van der Waals surface area contributed by atoms with Gasteiger partial charge < -0.3 is 22.5 Å². The number of hydrogen-bond donors (Lipinski definition) is 0. The molecule has 0 saturated heterocycles. The predicted octanol–water partition coefficient (Wildman–Crippen LogP) is 3.13. The first-order valence-corrected chi connectivity index (χ1v) is 6.27. The van der Waals surface area contributed by atoms with Crippen LogP contribution < -0.4 is 0 Å². The van der Waals surface area contributed by atoms with Crippen molar-refractivity contribution in [1.82, 2.24) is 0 Å². The molecule has 0 amide bonds. The van der Waals surface area contributed by atoms with Crippen molar-refractivity contribution in [1.29, 1.82) is 0 Å². The van der Waals surface area contributed by atoms with Crippen molar-refractivity contribution >= 4 is 11.5 Å². The molecule has 3 heteroatoms. The Morgan fingerprint density at radius 1 is 1.47 bits per heavy atom. The zero-order valence-corrected chi connectivity index (χ0v) is 13.9. The van der Waals surface area contributed by atoms with Gasteiger partial charge in [-0.2, -0.15) is 0 Å². The third-order valence-electron chi connectivity index (χ3n) is 2.86. The molecule has 2 nitrogen and oxygen atoms in total. The Labute approximate surface area is 139 Å². The van der Waals surface area contributed by atoms with Crippen LogP contribution in [0.3, 0.4) is 0 Å².